The van der Waals surface area contributed by atoms with E-state index in [0.29, 0.717) is 0 Å². The highest BCUT2D eigenvalue weighted by Crippen LogP contribution is 2.38. The highest BCUT2D eigenvalue weighted by molar-refractivity contribution is 5.96. The van der Waals surface area contributed by atoms with Crippen molar-refractivity contribution in [3.05, 3.63) is 126 Å². The summed E-state index contributed by atoms with van der Waals surface area (Å²) in [6.07, 6.45) is 5.72. The zero-order valence-electron chi connectivity index (χ0n) is 20.9. The standard InChI is InChI=1S/C31H24N4O3/c1-19-28(20(2)38-34-19)24-16-27-29(33-17-24)25(21-11-13-23(14-12-21)31(36)37)18-35(27)30(22-8-4-3-5-9-22)26-10-6-7-15-32-26/h3-18,30H,1-2H3,(H,36,37)/t30-/m0/s1. The average molecular weight is 501 g/mol. The average Bonchev–Trinajstić information content (AvgIpc) is 3.49. The van der Waals surface area contributed by atoms with E-state index in [1.165, 1.54) is 0 Å². The molecule has 7 nitrogen and oxygen atoms in total. The first-order valence-corrected chi connectivity index (χ1v) is 12.2. The first-order chi connectivity index (χ1) is 18.5. The normalized spacial score (nSPS) is 12.1. The minimum Gasteiger partial charge on any atom is -0.478 e. The second-order valence-electron chi connectivity index (χ2n) is 9.19. The molecule has 4 heterocycles. The molecular formula is C31H24N4O3. The van der Waals surface area contributed by atoms with Crippen LogP contribution in [-0.4, -0.2) is 30.8 Å². The molecule has 0 unspecified atom stereocenters. The van der Waals surface area contributed by atoms with Gasteiger partial charge in [0.2, 0.25) is 0 Å². The summed E-state index contributed by atoms with van der Waals surface area (Å²) in [6.45, 7) is 3.82. The van der Waals surface area contributed by atoms with Gasteiger partial charge in [0, 0.05) is 35.3 Å². The quantitative estimate of drug-likeness (QED) is 0.273. The van der Waals surface area contributed by atoms with Gasteiger partial charge in [0.1, 0.15) is 11.8 Å². The van der Waals surface area contributed by atoms with Crippen molar-refractivity contribution in [2.45, 2.75) is 19.9 Å². The summed E-state index contributed by atoms with van der Waals surface area (Å²) in [5.41, 5.74) is 8.35. The van der Waals surface area contributed by atoms with Gasteiger partial charge in [-0.25, -0.2) is 4.79 Å². The van der Waals surface area contributed by atoms with Gasteiger partial charge in [-0.2, -0.15) is 0 Å². The summed E-state index contributed by atoms with van der Waals surface area (Å²) in [7, 11) is 0. The van der Waals surface area contributed by atoms with Gasteiger partial charge in [0.15, 0.2) is 0 Å². The number of aromatic carboxylic acids is 1. The summed E-state index contributed by atoms with van der Waals surface area (Å²) in [4.78, 5) is 21.1. The monoisotopic (exact) mass is 500 g/mol. The van der Waals surface area contributed by atoms with E-state index in [1.54, 1.807) is 18.3 Å². The van der Waals surface area contributed by atoms with E-state index < -0.39 is 5.97 Å². The highest BCUT2D eigenvalue weighted by atomic mass is 16.5. The lowest BCUT2D eigenvalue weighted by Crippen LogP contribution is -2.13. The van der Waals surface area contributed by atoms with Gasteiger partial charge in [-0.05, 0) is 55.3 Å². The molecule has 0 saturated heterocycles. The van der Waals surface area contributed by atoms with Gasteiger partial charge >= 0.3 is 5.97 Å². The first kappa shape index (κ1) is 23.4. The lowest BCUT2D eigenvalue weighted by molar-refractivity contribution is 0.0697. The van der Waals surface area contributed by atoms with Crippen LogP contribution in [0.2, 0.25) is 0 Å². The molecule has 38 heavy (non-hydrogen) atoms. The van der Waals surface area contributed by atoms with Crippen molar-refractivity contribution in [1.82, 2.24) is 19.7 Å². The molecule has 0 fully saturated rings. The predicted molar refractivity (Wildman–Crippen MR) is 145 cm³/mol. The molecule has 186 valence electrons. The molecule has 6 aromatic rings. The zero-order valence-corrected chi connectivity index (χ0v) is 20.9. The first-order valence-electron chi connectivity index (χ1n) is 12.2. The number of aryl methyl sites for hydroxylation is 2. The van der Waals surface area contributed by atoms with Crippen molar-refractivity contribution in [3.8, 4) is 22.3 Å². The van der Waals surface area contributed by atoms with Gasteiger partial charge < -0.3 is 14.2 Å². The Labute approximate surface area is 219 Å². The Hall–Kier alpha value is -5.04. The number of fused-ring (bicyclic) bond motifs is 1. The van der Waals surface area contributed by atoms with Gasteiger partial charge in [-0.3, -0.25) is 9.97 Å². The summed E-state index contributed by atoms with van der Waals surface area (Å²) in [5, 5.41) is 13.5. The second-order valence-corrected chi connectivity index (χ2v) is 9.19. The fourth-order valence-corrected chi connectivity index (χ4v) is 5.02. The van der Waals surface area contributed by atoms with Gasteiger partial charge in [0.25, 0.3) is 0 Å². The minimum absolute atomic E-state index is 0.214. The number of hydrogen-bond donors (Lipinski definition) is 1. The largest absolute Gasteiger partial charge is 0.478 e. The summed E-state index contributed by atoms with van der Waals surface area (Å²) in [6, 6.07) is 24.9. The number of hydrogen-bond acceptors (Lipinski definition) is 5. The number of carbonyl (C=O) groups is 1. The number of carboxylic acid groups (broad SMARTS) is 1. The molecule has 6 rings (SSSR count). The third-order valence-corrected chi connectivity index (χ3v) is 6.80. The van der Waals surface area contributed by atoms with E-state index in [1.807, 2.05) is 68.6 Å². The Balaban J connectivity index is 1.63. The maximum absolute atomic E-state index is 11.4. The second kappa shape index (κ2) is 9.44. The van der Waals surface area contributed by atoms with Crippen LogP contribution in [0, 0.1) is 13.8 Å². The molecule has 1 N–H and O–H groups in total. The molecule has 0 aliphatic carbocycles. The van der Waals surface area contributed by atoms with Gasteiger partial charge in [0.05, 0.1) is 28.0 Å². The van der Waals surface area contributed by atoms with Crippen molar-refractivity contribution in [1.29, 1.82) is 0 Å². The molecule has 0 radical (unpaired) electrons. The van der Waals surface area contributed by atoms with Crippen LogP contribution in [0.4, 0.5) is 0 Å². The molecule has 7 heteroatoms. The Bertz CT molecular complexity index is 1700. The minimum atomic E-state index is -0.958. The van der Waals surface area contributed by atoms with Crippen LogP contribution >= 0.6 is 0 Å². The Morgan fingerprint density at radius 3 is 2.34 bits per heavy atom. The Morgan fingerprint density at radius 2 is 1.68 bits per heavy atom. The zero-order chi connectivity index (χ0) is 26.2. The van der Waals surface area contributed by atoms with E-state index in [2.05, 4.69) is 34.1 Å². The van der Waals surface area contributed by atoms with Crippen LogP contribution in [0.5, 0.6) is 0 Å². The summed E-state index contributed by atoms with van der Waals surface area (Å²) < 4.78 is 7.64. The van der Waals surface area contributed by atoms with Crippen LogP contribution in [0.15, 0.2) is 102 Å². The third-order valence-electron chi connectivity index (χ3n) is 6.80. The van der Waals surface area contributed by atoms with Crippen molar-refractivity contribution in [3.63, 3.8) is 0 Å². The fourth-order valence-electron chi connectivity index (χ4n) is 5.02. The molecule has 0 bridgehead atoms. The molecule has 1 atom stereocenters. The third kappa shape index (κ3) is 4.04. The number of pyridine rings is 2. The van der Waals surface area contributed by atoms with Gasteiger partial charge in [-0.1, -0.05) is 53.7 Å². The van der Waals surface area contributed by atoms with Crippen molar-refractivity contribution < 1.29 is 14.4 Å². The van der Waals surface area contributed by atoms with E-state index >= 15 is 0 Å². The molecule has 0 aliphatic heterocycles. The molecule has 4 aromatic heterocycles. The predicted octanol–water partition coefficient (Wildman–Crippen LogP) is 6.71. The molecule has 0 saturated carbocycles. The van der Waals surface area contributed by atoms with E-state index in [4.69, 9.17) is 14.5 Å². The van der Waals surface area contributed by atoms with Crippen LogP contribution in [0.25, 0.3) is 33.3 Å². The molecule has 2 aromatic carbocycles. The van der Waals surface area contributed by atoms with Gasteiger partial charge in [-0.15, -0.1) is 0 Å². The fraction of sp³-hybridized carbons (Fsp3) is 0.0968. The Kier molecular flexibility index (Phi) is 5.81. The van der Waals surface area contributed by atoms with Crippen LogP contribution in [0.3, 0.4) is 0 Å². The van der Waals surface area contributed by atoms with Crippen molar-refractivity contribution in [2.75, 3.05) is 0 Å². The number of rotatable bonds is 6. The van der Waals surface area contributed by atoms with E-state index in [0.717, 1.165) is 56.0 Å². The number of benzene rings is 2. The molecule has 0 aliphatic rings. The van der Waals surface area contributed by atoms with E-state index in [9.17, 15) is 9.90 Å². The Morgan fingerprint density at radius 1 is 0.921 bits per heavy atom. The van der Waals surface area contributed by atoms with Crippen molar-refractivity contribution in [2.24, 2.45) is 0 Å². The molecule has 0 amide bonds. The lowest BCUT2D eigenvalue weighted by atomic mass is 10.0. The lowest BCUT2D eigenvalue weighted by Gasteiger charge is -2.20. The van der Waals surface area contributed by atoms with Crippen LogP contribution in [0.1, 0.15) is 39.1 Å². The summed E-state index contributed by atoms with van der Waals surface area (Å²) >= 11 is 0. The van der Waals surface area contributed by atoms with Crippen molar-refractivity contribution >= 4 is 17.0 Å². The highest BCUT2D eigenvalue weighted by Gasteiger charge is 2.24. The maximum Gasteiger partial charge on any atom is 0.335 e. The molecular weight excluding hydrogens is 476 g/mol. The maximum atomic E-state index is 11.4. The van der Waals surface area contributed by atoms with E-state index in [-0.39, 0.29) is 11.6 Å². The number of aromatic nitrogens is 4. The number of carboxylic acids is 1. The summed E-state index contributed by atoms with van der Waals surface area (Å²) in [5.74, 6) is -0.226. The van der Waals surface area contributed by atoms with Crippen LogP contribution < -0.4 is 0 Å². The topological polar surface area (TPSA) is 94.0 Å². The van der Waals surface area contributed by atoms with Crippen LogP contribution in [-0.2, 0) is 0 Å². The molecule has 0 spiro atoms. The smallest absolute Gasteiger partial charge is 0.335 e. The number of nitrogens with zero attached hydrogens (tertiary/aromatic N) is 4. The SMILES string of the molecule is Cc1noc(C)c1-c1cnc2c(-c3ccc(C(=O)O)cc3)cn([C@@H](c3ccccc3)c3ccccn3)c2c1.